The first-order valence-electron chi connectivity index (χ1n) is 9.10. The largest absolute Gasteiger partial charge is 0.382 e. The summed E-state index contributed by atoms with van der Waals surface area (Å²) in [5.74, 6) is 0. The molecule has 0 spiro atoms. The zero-order valence-electron chi connectivity index (χ0n) is 16.7. The molecule has 0 saturated heterocycles. The Bertz CT molecular complexity index is 1140. The summed E-state index contributed by atoms with van der Waals surface area (Å²) in [7, 11) is -3.90. The number of hydrogen-bond acceptors (Lipinski definition) is 5. The highest BCUT2D eigenvalue weighted by atomic mass is 35.5. The molecule has 2 N–H and O–H groups in total. The van der Waals surface area contributed by atoms with Crippen LogP contribution in [0.4, 0.5) is 0 Å². The third kappa shape index (κ3) is 4.84. The number of hydrogen-bond donors (Lipinski definition) is 2. The van der Waals surface area contributed by atoms with E-state index in [4.69, 9.17) is 23.2 Å². The van der Waals surface area contributed by atoms with Gasteiger partial charge in [-0.1, -0.05) is 47.0 Å². The average molecular weight is 469 g/mol. The summed E-state index contributed by atoms with van der Waals surface area (Å²) in [6, 6.07) is 8.25. The summed E-state index contributed by atoms with van der Waals surface area (Å²) in [5, 5.41) is 16.1. The maximum absolute atomic E-state index is 13.1. The lowest BCUT2D eigenvalue weighted by Crippen LogP contribution is -2.44. The number of nitrogens with one attached hydrogen (secondary N) is 1. The molecule has 0 fully saturated rings. The van der Waals surface area contributed by atoms with E-state index in [0.29, 0.717) is 21.7 Å². The minimum absolute atomic E-state index is 0.0667. The first-order chi connectivity index (χ1) is 14.0. The normalized spacial score (nSPS) is 13.9. The summed E-state index contributed by atoms with van der Waals surface area (Å²) < 4.78 is 30.1. The standard InChI is InChI=1S/C20H22Cl2N4O3S/c1-13-6-14(2)19(15(3)7-13)30(28,29)25-9-20(27,10-26-12-23-11-24-26)17-5-4-16(21)8-18(17)22/h4-8,11-12,25,27H,9-10H2,1-3H3. The molecule has 3 rings (SSSR count). The second-order valence-electron chi connectivity index (χ2n) is 7.30. The van der Waals surface area contributed by atoms with Crippen molar-refractivity contribution in [3.8, 4) is 0 Å². The van der Waals surface area contributed by atoms with Gasteiger partial charge in [0.05, 0.1) is 11.4 Å². The fraction of sp³-hybridized carbons (Fsp3) is 0.300. The number of nitrogens with zero attached hydrogens (tertiary/aromatic N) is 3. The van der Waals surface area contributed by atoms with Crippen molar-refractivity contribution in [1.29, 1.82) is 0 Å². The molecular weight excluding hydrogens is 447 g/mol. The highest BCUT2D eigenvalue weighted by molar-refractivity contribution is 7.89. The van der Waals surface area contributed by atoms with Gasteiger partial charge in [0, 0.05) is 22.2 Å². The molecular formula is C20H22Cl2N4O3S. The van der Waals surface area contributed by atoms with Gasteiger partial charge >= 0.3 is 0 Å². The van der Waals surface area contributed by atoms with Crippen LogP contribution in [0.15, 0.2) is 47.9 Å². The molecule has 0 aliphatic rings. The first-order valence-corrected chi connectivity index (χ1v) is 11.3. The summed E-state index contributed by atoms with van der Waals surface area (Å²) in [6.07, 6.45) is 2.75. The zero-order chi connectivity index (χ0) is 22.1. The fourth-order valence-corrected chi connectivity index (χ4v) is 5.69. The molecule has 1 aromatic heterocycles. The predicted molar refractivity (Wildman–Crippen MR) is 116 cm³/mol. The Labute approximate surface area is 185 Å². The van der Waals surface area contributed by atoms with Crippen LogP contribution < -0.4 is 4.72 Å². The van der Waals surface area contributed by atoms with Crippen LogP contribution in [0.2, 0.25) is 10.0 Å². The number of rotatable bonds is 7. The van der Waals surface area contributed by atoms with E-state index in [1.165, 1.54) is 23.4 Å². The van der Waals surface area contributed by atoms with Gasteiger partial charge in [0.15, 0.2) is 0 Å². The SMILES string of the molecule is Cc1cc(C)c(S(=O)(=O)NCC(O)(Cn2cncn2)c2ccc(Cl)cc2Cl)c(C)c1. The summed E-state index contributed by atoms with van der Waals surface area (Å²) in [6.45, 7) is 4.99. The smallest absolute Gasteiger partial charge is 0.241 e. The number of benzene rings is 2. The van der Waals surface area contributed by atoms with Crippen LogP contribution >= 0.6 is 23.2 Å². The van der Waals surface area contributed by atoms with Crippen LogP contribution in [0.5, 0.6) is 0 Å². The summed E-state index contributed by atoms with van der Waals surface area (Å²) in [4.78, 5) is 4.07. The molecule has 7 nitrogen and oxygen atoms in total. The van der Waals surface area contributed by atoms with Crippen molar-refractivity contribution in [2.24, 2.45) is 0 Å². The molecule has 1 heterocycles. The van der Waals surface area contributed by atoms with E-state index < -0.39 is 15.6 Å². The Morgan fingerprint density at radius 3 is 2.37 bits per heavy atom. The predicted octanol–water partition coefficient (Wildman–Crippen LogP) is 3.38. The lowest BCUT2D eigenvalue weighted by atomic mass is 9.94. The summed E-state index contributed by atoms with van der Waals surface area (Å²) >= 11 is 12.3. The Morgan fingerprint density at radius 1 is 1.13 bits per heavy atom. The van der Waals surface area contributed by atoms with Crippen molar-refractivity contribution in [2.75, 3.05) is 6.54 Å². The molecule has 10 heteroatoms. The van der Waals surface area contributed by atoms with Crippen LogP contribution in [0.1, 0.15) is 22.3 Å². The maximum Gasteiger partial charge on any atom is 0.241 e. The van der Waals surface area contributed by atoms with E-state index in [0.717, 1.165) is 5.56 Å². The third-order valence-electron chi connectivity index (χ3n) is 4.75. The van der Waals surface area contributed by atoms with Crippen molar-refractivity contribution in [3.63, 3.8) is 0 Å². The van der Waals surface area contributed by atoms with Gasteiger partial charge in [0.1, 0.15) is 18.3 Å². The van der Waals surface area contributed by atoms with E-state index in [1.54, 1.807) is 38.1 Å². The van der Waals surface area contributed by atoms with Gasteiger partial charge in [0.2, 0.25) is 10.0 Å². The topological polar surface area (TPSA) is 97.1 Å². The van der Waals surface area contributed by atoms with Crippen molar-refractivity contribution in [2.45, 2.75) is 37.8 Å². The second kappa shape index (κ2) is 8.64. The highest BCUT2D eigenvalue weighted by Crippen LogP contribution is 2.32. The number of aliphatic hydroxyl groups is 1. The van der Waals surface area contributed by atoms with Gasteiger partial charge in [-0.25, -0.2) is 22.8 Å². The molecule has 0 radical (unpaired) electrons. The van der Waals surface area contributed by atoms with Gasteiger partial charge in [-0.2, -0.15) is 5.10 Å². The van der Waals surface area contributed by atoms with Crippen LogP contribution in [-0.4, -0.2) is 34.8 Å². The maximum atomic E-state index is 13.1. The lowest BCUT2D eigenvalue weighted by molar-refractivity contribution is 0.0204. The van der Waals surface area contributed by atoms with Crippen molar-refractivity contribution in [3.05, 3.63) is 75.3 Å². The molecule has 0 amide bonds. The minimum atomic E-state index is -3.90. The van der Waals surface area contributed by atoms with E-state index in [2.05, 4.69) is 14.8 Å². The van der Waals surface area contributed by atoms with Gasteiger partial charge in [-0.3, -0.25) is 0 Å². The van der Waals surface area contributed by atoms with Gasteiger partial charge in [-0.05, 0) is 44.0 Å². The minimum Gasteiger partial charge on any atom is -0.382 e. The van der Waals surface area contributed by atoms with Crippen LogP contribution in [-0.2, 0) is 22.2 Å². The molecule has 3 aromatic rings. The molecule has 0 aliphatic heterocycles. The van der Waals surface area contributed by atoms with Crippen molar-refractivity contribution in [1.82, 2.24) is 19.5 Å². The lowest BCUT2D eigenvalue weighted by Gasteiger charge is -2.30. The molecule has 0 aliphatic carbocycles. The number of sulfonamides is 1. The van der Waals surface area contributed by atoms with E-state index >= 15 is 0 Å². The van der Waals surface area contributed by atoms with Gasteiger partial charge < -0.3 is 5.11 Å². The molecule has 1 atom stereocenters. The Balaban J connectivity index is 1.98. The molecule has 160 valence electrons. The van der Waals surface area contributed by atoms with Gasteiger partial charge in [0.25, 0.3) is 0 Å². The monoisotopic (exact) mass is 468 g/mol. The highest BCUT2D eigenvalue weighted by Gasteiger charge is 2.35. The molecule has 0 bridgehead atoms. The summed E-state index contributed by atoms with van der Waals surface area (Å²) in [5.41, 5.74) is 0.854. The number of aryl methyl sites for hydroxylation is 3. The third-order valence-corrected chi connectivity index (χ3v) is 7.00. The molecule has 2 aromatic carbocycles. The quantitative estimate of drug-likeness (QED) is 0.553. The van der Waals surface area contributed by atoms with E-state index in [1.807, 2.05) is 6.92 Å². The molecule has 0 saturated carbocycles. The van der Waals surface area contributed by atoms with Crippen molar-refractivity contribution >= 4 is 33.2 Å². The number of halogens is 2. The number of aromatic nitrogens is 3. The first kappa shape index (κ1) is 22.7. The van der Waals surface area contributed by atoms with Crippen LogP contribution in [0.3, 0.4) is 0 Å². The Kier molecular flexibility index (Phi) is 6.54. The zero-order valence-corrected chi connectivity index (χ0v) is 19.1. The second-order valence-corrected chi connectivity index (χ2v) is 9.85. The van der Waals surface area contributed by atoms with Crippen molar-refractivity contribution < 1.29 is 13.5 Å². The van der Waals surface area contributed by atoms with Gasteiger partial charge in [-0.15, -0.1) is 0 Å². The fourth-order valence-electron chi connectivity index (χ4n) is 3.56. The Hall–Kier alpha value is -1.97. The van der Waals surface area contributed by atoms with E-state index in [9.17, 15) is 13.5 Å². The molecule has 1 unspecified atom stereocenters. The van der Waals surface area contributed by atoms with Crippen LogP contribution in [0, 0.1) is 20.8 Å². The van der Waals surface area contributed by atoms with Crippen LogP contribution in [0.25, 0.3) is 0 Å². The molecule has 30 heavy (non-hydrogen) atoms. The average Bonchev–Trinajstić information content (AvgIpc) is 3.11. The van der Waals surface area contributed by atoms with E-state index in [-0.39, 0.29) is 23.0 Å². The Morgan fingerprint density at radius 2 is 1.80 bits per heavy atom.